The first-order valence-corrected chi connectivity index (χ1v) is 5.90. The molecule has 1 heterocycles. The fraction of sp³-hybridized carbons (Fsp3) is 0.333. The lowest BCUT2D eigenvalue weighted by Gasteiger charge is -2.27. The Morgan fingerprint density at radius 3 is 2.88 bits per heavy atom. The Bertz CT molecular complexity index is 607. The van der Waals surface area contributed by atoms with E-state index in [1.807, 2.05) is 18.2 Å². The van der Waals surface area contributed by atoms with Crippen molar-refractivity contribution in [3.8, 4) is 0 Å². The number of fused-ring (bicyclic) bond motifs is 1. The van der Waals surface area contributed by atoms with Gasteiger partial charge < -0.3 is 9.55 Å². The monoisotopic (exact) mass is 232 g/mol. The second-order valence-corrected chi connectivity index (χ2v) is 4.67. The highest BCUT2D eigenvalue weighted by Gasteiger charge is 2.21. The lowest BCUT2D eigenvalue weighted by Crippen LogP contribution is -2.16. The zero-order chi connectivity index (χ0) is 11.1. The third-order valence-electron chi connectivity index (χ3n) is 3.32. The maximum atomic E-state index is 10.7. The fourth-order valence-corrected chi connectivity index (χ4v) is 2.59. The molecule has 4 heteroatoms. The number of hydrogen-bond acceptors (Lipinski definition) is 2. The molecule has 3 nitrogen and oxygen atoms in total. The molecule has 1 aromatic carbocycles. The average Bonchev–Trinajstić information content (AvgIpc) is 2.53. The van der Waals surface area contributed by atoms with Gasteiger partial charge in [-0.15, -0.1) is 0 Å². The number of H-pyrrole nitrogens is 1. The van der Waals surface area contributed by atoms with Crippen molar-refractivity contribution in [1.29, 1.82) is 0 Å². The molecule has 0 amide bonds. The molecule has 0 atom stereocenters. The SMILES string of the molecule is O=Cc1ccc2c(c1)[nH]c(=S)n2C1CCC1. The molecule has 1 aliphatic rings. The van der Waals surface area contributed by atoms with Crippen molar-refractivity contribution >= 4 is 29.5 Å². The molecule has 16 heavy (non-hydrogen) atoms. The van der Waals surface area contributed by atoms with Gasteiger partial charge in [0.2, 0.25) is 0 Å². The molecule has 1 N–H and O–H groups in total. The molecule has 0 unspecified atom stereocenters. The second-order valence-electron chi connectivity index (χ2n) is 4.28. The minimum atomic E-state index is 0.545. The number of carbonyl (C=O) groups excluding carboxylic acids is 1. The van der Waals surface area contributed by atoms with Crippen molar-refractivity contribution in [3.63, 3.8) is 0 Å². The Balaban J connectivity index is 2.24. The largest absolute Gasteiger partial charge is 0.331 e. The van der Waals surface area contributed by atoms with Crippen molar-refractivity contribution in [2.75, 3.05) is 0 Å². The van der Waals surface area contributed by atoms with Gasteiger partial charge in [-0.2, -0.15) is 0 Å². The van der Waals surface area contributed by atoms with Crippen LogP contribution in [0.4, 0.5) is 0 Å². The molecule has 1 fully saturated rings. The summed E-state index contributed by atoms with van der Waals surface area (Å²) in [5.74, 6) is 0. The predicted octanol–water partition coefficient (Wildman–Crippen LogP) is 3.24. The number of benzene rings is 1. The van der Waals surface area contributed by atoms with Gasteiger partial charge in [-0.25, -0.2) is 0 Å². The molecule has 2 aromatic rings. The third kappa shape index (κ3) is 1.33. The van der Waals surface area contributed by atoms with E-state index in [2.05, 4.69) is 9.55 Å². The first-order chi connectivity index (χ1) is 7.79. The average molecular weight is 232 g/mol. The lowest BCUT2D eigenvalue weighted by atomic mass is 9.93. The van der Waals surface area contributed by atoms with E-state index in [0.717, 1.165) is 22.1 Å². The van der Waals surface area contributed by atoms with E-state index in [1.54, 1.807) is 0 Å². The molecule has 1 aliphatic carbocycles. The Kier molecular flexibility index (Phi) is 2.17. The first kappa shape index (κ1) is 9.78. The number of hydrogen-bond donors (Lipinski definition) is 1. The molecule has 0 radical (unpaired) electrons. The van der Waals surface area contributed by atoms with Crippen molar-refractivity contribution in [3.05, 3.63) is 28.5 Å². The van der Waals surface area contributed by atoms with Crippen LogP contribution in [0.2, 0.25) is 0 Å². The molecule has 1 saturated carbocycles. The molecule has 1 aromatic heterocycles. The number of nitrogens with zero attached hydrogens (tertiary/aromatic N) is 1. The number of aromatic nitrogens is 2. The van der Waals surface area contributed by atoms with Gasteiger partial charge in [0.05, 0.1) is 11.0 Å². The van der Waals surface area contributed by atoms with Crippen LogP contribution in [0.25, 0.3) is 11.0 Å². The van der Waals surface area contributed by atoms with Gasteiger partial charge >= 0.3 is 0 Å². The summed E-state index contributed by atoms with van der Waals surface area (Å²) < 4.78 is 2.95. The van der Waals surface area contributed by atoms with Crippen molar-refractivity contribution in [1.82, 2.24) is 9.55 Å². The summed E-state index contributed by atoms with van der Waals surface area (Å²) in [4.78, 5) is 13.9. The highest BCUT2D eigenvalue weighted by molar-refractivity contribution is 7.71. The van der Waals surface area contributed by atoms with Crippen LogP contribution in [-0.4, -0.2) is 15.8 Å². The third-order valence-corrected chi connectivity index (χ3v) is 3.62. The lowest BCUT2D eigenvalue weighted by molar-refractivity contribution is 0.112. The Hall–Kier alpha value is -1.42. The van der Waals surface area contributed by atoms with Crippen molar-refractivity contribution in [2.45, 2.75) is 25.3 Å². The number of aromatic amines is 1. The summed E-state index contributed by atoms with van der Waals surface area (Å²) in [6.45, 7) is 0. The van der Waals surface area contributed by atoms with E-state index in [-0.39, 0.29) is 0 Å². The summed E-state index contributed by atoms with van der Waals surface area (Å²) in [6, 6.07) is 6.22. The molecular weight excluding hydrogens is 220 g/mol. The smallest absolute Gasteiger partial charge is 0.178 e. The molecule has 0 bridgehead atoms. The second kappa shape index (κ2) is 3.56. The topological polar surface area (TPSA) is 37.8 Å². The summed E-state index contributed by atoms with van der Waals surface area (Å²) in [6.07, 6.45) is 4.55. The van der Waals surface area contributed by atoms with Gasteiger partial charge in [-0.05, 0) is 49.7 Å². The first-order valence-electron chi connectivity index (χ1n) is 5.49. The summed E-state index contributed by atoms with van der Waals surface area (Å²) in [7, 11) is 0. The van der Waals surface area contributed by atoms with Gasteiger partial charge in [0.15, 0.2) is 4.77 Å². The molecule has 0 aliphatic heterocycles. The highest BCUT2D eigenvalue weighted by Crippen LogP contribution is 2.34. The van der Waals surface area contributed by atoms with Gasteiger partial charge in [0.25, 0.3) is 0 Å². The van der Waals surface area contributed by atoms with E-state index < -0.39 is 0 Å². The summed E-state index contributed by atoms with van der Waals surface area (Å²) >= 11 is 5.33. The Morgan fingerprint density at radius 2 is 2.25 bits per heavy atom. The van der Waals surface area contributed by atoms with Crippen LogP contribution >= 0.6 is 12.2 Å². The number of rotatable bonds is 2. The quantitative estimate of drug-likeness (QED) is 0.637. The molecule has 3 rings (SSSR count). The number of aldehydes is 1. The van der Waals surface area contributed by atoms with Crippen LogP contribution in [0.5, 0.6) is 0 Å². The number of carbonyl (C=O) groups is 1. The Labute approximate surface area is 98.1 Å². The van der Waals surface area contributed by atoms with E-state index in [9.17, 15) is 4.79 Å². The standard InChI is InChI=1S/C12H12N2OS/c15-7-8-4-5-11-10(6-8)13-12(16)14(11)9-2-1-3-9/h4-7,9H,1-3H2,(H,13,16). The predicted molar refractivity (Wildman–Crippen MR) is 65.4 cm³/mol. The number of imidazole rings is 1. The zero-order valence-corrected chi connectivity index (χ0v) is 9.59. The van der Waals surface area contributed by atoms with Crippen LogP contribution in [-0.2, 0) is 0 Å². The maximum absolute atomic E-state index is 10.7. The van der Waals surface area contributed by atoms with E-state index >= 15 is 0 Å². The van der Waals surface area contributed by atoms with E-state index in [1.165, 1.54) is 19.3 Å². The maximum Gasteiger partial charge on any atom is 0.178 e. The van der Waals surface area contributed by atoms with Crippen LogP contribution in [0, 0.1) is 4.77 Å². The van der Waals surface area contributed by atoms with E-state index in [4.69, 9.17) is 12.2 Å². The molecule has 0 saturated heterocycles. The van der Waals surface area contributed by atoms with Crippen LogP contribution < -0.4 is 0 Å². The van der Waals surface area contributed by atoms with Crippen LogP contribution in [0.1, 0.15) is 35.7 Å². The molecule has 0 spiro atoms. The van der Waals surface area contributed by atoms with Gasteiger partial charge in [0, 0.05) is 11.6 Å². The normalized spacial score (nSPS) is 16.2. The van der Waals surface area contributed by atoms with Crippen molar-refractivity contribution in [2.24, 2.45) is 0 Å². The van der Waals surface area contributed by atoms with Crippen molar-refractivity contribution < 1.29 is 4.79 Å². The molecular formula is C12H12N2OS. The highest BCUT2D eigenvalue weighted by atomic mass is 32.1. The van der Waals surface area contributed by atoms with Crippen LogP contribution in [0.3, 0.4) is 0 Å². The van der Waals surface area contributed by atoms with Gasteiger partial charge in [0.1, 0.15) is 6.29 Å². The Morgan fingerprint density at radius 1 is 1.44 bits per heavy atom. The minimum Gasteiger partial charge on any atom is -0.331 e. The fourth-order valence-electron chi connectivity index (χ4n) is 2.23. The zero-order valence-electron chi connectivity index (χ0n) is 8.77. The van der Waals surface area contributed by atoms with Gasteiger partial charge in [-0.3, -0.25) is 4.79 Å². The summed E-state index contributed by atoms with van der Waals surface area (Å²) in [5, 5.41) is 0. The van der Waals surface area contributed by atoms with Gasteiger partial charge in [-0.1, -0.05) is 0 Å². The molecule has 82 valence electrons. The number of nitrogens with one attached hydrogen (secondary N) is 1. The minimum absolute atomic E-state index is 0.545. The summed E-state index contributed by atoms with van der Waals surface area (Å²) in [5.41, 5.74) is 2.76. The van der Waals surface area contributed by atoms with Crippen LogP contribution in [0.15, 0.2) is 18.2 Å². The van der Waals surface area contributed by atoms with E-state index in [0.29, 0.717) is 11.6 Å².